The maximum atomic E-state index is 11.7. The topological polar surface area (TPSA) is 82.2 Å². The lowest BCUT2D eigenvalue weighted by Crippen LogP contribution is -2.42. The Labute approximate surface area is 84.9 Å². The molecule has 15 heavy (non-hydrogen) atoms. The highest BCUT2D eigenvalue weighted by Gasteiger charge is 2.28. The maximum absolute atomic E-state index is 11.7. The molecule has 0 heterocycles. The molecule has 0 aliphatic heterocycles. The van der Waals surface area contributed by atoms with E-state index in [9.17, 15) is 18.0 Å². The Hall–Kier alpha value is -1.47. The van der Waals surface area contributed by atoms with E-state index in [2.05, 4.69) is 0 Å². The SMILES string of the molecule is CN(CCC(=N)N)C(=O)NCC(F)(F)F. The summed E-state index contributed by atoms with van der Waals surface area (Å²) in [5, 5.41) is 8.57. The zero-order valence-electron chi connectivity index (χ0n) is 8.19. The molecule has 4 N–H and O–H groups in total. The Morgan fingerprint density at radius 2 is 2.07 bits per heavy atom. The van der Waals surface area contributed by atoms with Crippen LogP contribution in [0.4, 0.5) is 18.0 Å². The fourth-order valence-electron chi connectivity index (χ4n) is 0.700. The predicted molar refractivity (Wildman–Crippen MR) is 48.6 cm³/mol. The van der Waals surface area contributed by atoms with Gasteiger partial charge in [-0.15, -0.1) is 0 Å². The summed E-state index contributed by atoms with van der Waals surface area (Å²) in [6, 6.07) is -0.839. The number of rotatable bonds is 4. The van der Waals surface area contributed by atoms with Crippen LogP contribution < -0.4 is 11.1 Å². The van der Waals surface area contributed by atoms with Crippen molar-refractivity contribution in [3.05, 3.63) is 0 Å². The smallest absolute Gasteiger partial charge is 0.388 e. The Morgan fingerprint density at radius 3 is 2.47 bits per heavy atom. The number of urea groups is 1. The van der Waals surface area contributed by atoms with Gasteiger partial charge in [-0.25, -0.2) is 4.79 Å². The Morgan fingerprint density at radius 1 is 1.53 bits per heavy atom. The minimum Gasteiger partial charge on any atom is -0.388 e. The highest BCUT2D eigenvalue weighted by Crippen LogP contribution is 2.12. The summed E-state index contributed by atoms with van der Waals surface area (Å²) in [4.78, 5) is 12.0. The number of nitrogens with two attached hydrogens (primary N) is 1. The first-order valence-electron chi connectivity index (χ1n) is 4.11. The van der Waals surface area contributed by atoms with Crippen LogP contribution in [0.5, 0.6) is 0 Å². The van der Waals surface area contributed by atoms with Gasteiger partial charge < -0.3 is 16.0 Å². The number of carbonyl (C=O) groups is 1. The Bertz CT molecular complexity index is 241. The third-order valence-corrected chi connectivity index (χ3v) is 1.50. The largest absolute Gasteiger partial charge is 0.405 e. The summed E-state index contributed by atoms with van der Waals surface area (Å²) < 4.78 is 35.1. The lowest BCUT2D eigenvalue weighted by Gasteiger charge is -2.18. The van der Waals surface area contributed by atoms with E-state index in [1.807, 2.05) is 0 Å². The third-order valence-electron chi connectivity index (χ3n) is 1.50. The molecule has 0 aliphatic rings. The van der Waals surface area contributed by atoms with E-state index >= 15 is 0 Å². The Kier molecular flexibility index (Phi) is 4.89. The van der Waals surface area contributed by atoms with Crippen molar-refractivity contribution in [1.29, 1.82) is 5.41 Å². The van der Waals surface area contributed by atoms with Gasteiger partial charge >= 0.3 is 12.2 Å². The molecule has 2 amide bonds. The lowest BCUT2D eigenvalue weighted by molar-refractivity contribution is -0.123. The average molecular weight is 226 g/mol. The molecule has 0 spiro atoms. The zero-order valence-corrected chi connectivity index (χ0v) is 8.19. The van der Waals surface area contributed by atoms with Crippen molar-refractivity contribution in [3.63, 3.8) is 0 Å². The van der Waals surface area contributed by atoms with Crippen LogP contribution in [0, 0.1) is 5.41 Å². The number of alkyl halides is 3. The first kappa shape index (κ1) is 13.5. The summed E-state index contributed by atoms with van der Waals surface area (Å²) in [6.07, 6.45) is -4.28. The molecule has 0 rings (SSSR count). The van der Waals surface area contributed by atoms with Gasteiger partial charge in [-0.3, -0.25) is 5.41 Å². The van der Waals surface area contributed by atoms with E-state index < -0.39 is 18.8 Å². The van der Waals surface area contributed by atoms with Gasteiger partial charge in [0, 0.05) is 20.0 Å². The normalized spacial score (nSPS) is 10.9. The third kappa shape index (κ3) is 7.59. The van der Waals surface area contributed by atoms with Crippen LogP contribution >= 0.6 is 0 Å². The highest BCUT2D eigenvalue weighted by molar-refractivity contribution is 5.78. The molecule has 0 aromatic rings. The van der Waals surface area contributed by atoms with Crippen molar-refractivity contribution >= 4 is 11.9 Å². The van der Waals surface area contributed by atoms with E-state index in [0.29, 0.717) is 0 Å². The second-order valence-corrected chi connectivity index (χ2v) is 2.97. The average Bonchev–Trinajstić information content (AvgIpc) is 2.08. The molecule has 0 bridgehead atoms. The van der Waals surface area contributed by atoms with E-state index in [1.165, 1.54) is 7.05 Å². The van der Waals surface area contributed by atoms with Crippen molar-refractivity contribution in [3.8, 4) is 0 Å². The van der Waals surface area contributed by atoms with Gasteiger partial charge in [-0.1, -0.05) is 0 Å². The number of amidine groups is 1. The number of carbonyl (C=O) groups excluding carboxylic acids is 1. The van der Waals surface area contributed by atoms with Crippen molar-refractivity contribution in [2.24, 2.45) is 5.73 Å². The molecule has 0 aromatic carbocycles. The van der Waals surface area contributed by atoms with Crippen LogP contribution in [-0.4, -0.2) is 43.1 Å². The number of nitrogens with one attached hydrogen (secondary N) is 2. The number of halogens is 3. The van der Waals surface area contributed by atoms with Gasteiger partial charge in [0.15, 0.2) is 0 Å². The van der Waals surface area contributed by atoms with Gasteiger partial charge in [-0.05, 0) is 0 Å². The summed E-state index contributed by atoms with van der Waals surface area (Å²) >= 11 is 0. The van der Waals surface area contributed by atoms with Crippen LogP contribution in [0.2, 0.25) is 0 Å². The minimum atomic E-state index is -4.42. The van der Waals surface area contributed by atoms with E-state index in [4.69, 9.17) is 11.1 Å². The van der Waals surface area contributed by atoms with Gasteiger partial charge in [-0.2, -0.15) is 13.2 Å². The molecule has 5 nitrogen and oxygen atoms in total. The quantitative estimate of drug-likeness (QED) is 0.482. The Balaban J connectivity index is 3.84. The van der Waals surface area contributed by atoms with Crippen molar-refractivity contribution < 1.29 is 18.0 Å². The monoisotopic (exact) mass is 226 g/mol. The minimum absolute atomic E-state index is 0.110. The summed E-state index contributed by atoms with van der Waals surface area (Å²) in [6.45, 7) is -1.25. The van der Waals surface area contributed by atoms with Crippen molar-refractivity contribution in [2.75, 3.05) is 20.1 Å². The van der Waals surface area contributed by atoms with Crippen LogP contribution in [0.25, 0.3) is 0 Å². The zero-order chi connectivity index (χ0) is 12.1. The molecule has 0 atom stereocenters. The van der Waals surface area contributed by atoms with Crippen LogP contribution in [0.3, 0.4) is 0 Å². The second kappa shape index (κ2) is 5.42. The number of nitrogens with zero attached hydrogens (tertiary/aromatic N) is 1. The van der Waals surface area contributed by atoms with Crippen LogP contribution in [0.1, 0.15) is 6.42 Å². The summed E-state index contributed by atoms with van der Waals surface area (Å²) in [7, 11) is 1.33. The number of hydrogen-bond donors (Lipinski definition) is 3. The van der Waals surface area contributed by atoms with Gasteiger partial charge in [0.25, 0.3) is 0 Å². The predicted octanol–water partition coefficient (Wildman–Crippen LogP) is 0.516. The van der Waals surface area contributed by atoms with Gasteiger partial charge in [0.05, 0.1) is 5.84 Å². The fraction of sp³-hybridized carbons (Fsp3) is 0.714. The molecule has 0 radical (unpaired) electrons. The van der Waals surface area contributed by atoms with Crippen molar-refractivity contribution in [2.45, 2.75) is 12.6 Å². The summed E-state index contributed by atoms with van der Waals surface area (Å²) in [5.74, 6) is -0.120. The molecule has 0 fully saturated rings. The molecule has 0 aliphatic carbocycles. The van der Waals surface area contributed by atoms with Gasteiger partial charge in [0.2, 0.25) is 0 Å². The van der Waals surface area contributed by atoms with E-state index in [1.54, 1.807) is 5.32 Å². The molecular formula is C7H13F3N4O. The molecular weight excluding hydrogens is 213 g/mol. The molecule has 0 aromatic heterocycles. The summed E-state index contributed by atoms with van der Waals surface area (Å²) in [5.41, 5.74) is 5.03. The number of amides is 2. The first-order valence-corrected chi connectivity index (χ1v) is 4.11. The van der Waals surface area contributed by atoms with Crippen molar-refractivity contribution in [1.82, 2.24) is 10.2 Å². The molecule has 88 valence electrons. The van der Waals surface area contributed by atoms with E-state index in [-0.39, 0.29) is 18.8 Å². The molecule has 0 saturated heterocycles. The molecule has 0 unspecified atom stereocenters. The lowest BCUT2D eigenvalue weighted by atomic mass is 10.4. The standard InChI is InChI=1S/C7H13F3N4O/c1-14(3-2-5(11)12)6(15)13-4-7(8,9)10/h2-4H2,1H3,(H3,11,12)(H,13,15). The molecule has 0 saturated carbocycles. The van der Waals surface area contributed by atoms with E-state index in [0.717, 1.165) is 4.90 Å². The maximum Gasteiger partial charge on any atom is 0.405 e. The highest BCUT2D eigenvalue weighted by atomic mass is 19.4. The second-order valence-electron chi connectivity index (χ2n) is 2.97. The van der Waals surface area contributed by atoms with Crippen LogP contribution in [0.15, 0.2) is 0 Å². The van der Waals surface area contributed by atoms with Crippen LogP contribution in [-0.2, 0) is 0 Å². The molecule has 8 heteroatoms. The fourth-order valence-corrected chi connectivity index (χ4v) is 0.700. The van der Waals surface area contributed by atoms with Gasteiger partial charge in [0.1, 0.15) is 6.54 Å². The number of hydrogen-bond acceptors (Lipinski definition) is 2. The first-order chi connectivity index (χ1) is 6.72.